The first-order chi connectivity index (χ1) is 17.1. The molecule has 186 valence electrons. The summed E-state index contributed by atoms with van der Waals surface area (Å²) < 4.78 is 28.8. The van der Waals surface area contributed by atoms with Gasteiger partial charge in [-0.15, -0.1) is 0 Å². The number of hydrogen-bond donors (Lipinski definition) is 2. The van der Waals surface area contributed by atoms with Gasteiger partial charge in [0.1, 0.15) is 11.8 Å². The predicted octanol–water partition coefficient (Wildman–Crippen LogP) is 4.55. The summed E-state index contributed by atoms with van der Waals surface area (Å²) in [5, 5.41) is 7.48. The summed E-state index contributed by atoms with van der Waals surface area (Å²) in [5.74, 6) is -0.764. The molecule has 8 nitrogen and oxygen atoms in total. The summed E-state index contributed by atoms with van der Waals surface area (Å²) in [6, 6.07) is 21.3. The molecule has 0 radical (unpaired) electrons. The third kappa shape index (κ3) is 5.87. The normalized spacial score (nSPS) is 17.0. The van der Waals surface area contributed by atoms with Gasteiger partial charge in [0.15, 0.2) is 5.84 Å². The number of nitrogens with two attached hydrogens (primary N) is 1. The zero-order chi connectivity index (χ0) is 25.9. The highest BCUT2D eigenvalue weighted by Gasteiger charge is 2.33. The highest BCUT2D eigenvalue weighted by Crippen LogP contribution is 2.36. The van der Waals surface area contributed by atoms with E-state index < -0.39 is 22.0 Å². The Kier molecular flexibility index (Phi) is 7.63. The number of carbonyl (C=O) groups excluding carboxylic acids is 1. The fourth-order valence-electron chi connectivity index (χ4n) is 3.64. The molecule has 0 saturated carbocycles. The minimum absolute atomic E-state index is 0.0147. The van der Waals surface area contributed by atoms with Gasteiger partial charge in [-0.05, 0) is 61.0 Å². The van der Waals surface area contributed by atoms with Gasteiger partial charge >= 0.3 is 0 Å². The van der Waals surface area contributed by atoms with Gasteiger partial charge < -0.3 is 5.73 Å². The van der Waals surface area contributed by atoms with Crippen LogP contribution in [0.1, 0.15) is 24.9 Å². The van der Waals surface area contributed by atoms with E-state index >= 15 is 0 Å². The van der Waals surface area contributed by atoms with E-state index in [9.17, 15) is 13.2 Å². The second-order valence-electron chi connectivity index (χ2n) is 8.11. The number of amides is 1. The smallest absolute Gasteiger partial charge is 0.263 e. The molecule has 0 aliphatic carbocycles. The molecule has 1 amide bonds. The van der Waals surface area contributed by atoms with Gasteiger partial charge in [0.05, 0.1) is 16.6 Å². The number of aliphatic imine (C=N–C) groups is 1. The Balaban J connectivity index is 1.77. The van der Waals surface area contributed by atoms with Crippen LogP contribution in [-0.2, 0) is 14.8 Å². The van der Waals surface area contributed by atoms with Crippen molar-refractivity contribution in [2.75, 3.05) is 5.01 Å². The van der Waals surface area contributed by atoms with E-state index in [2.05, 4.69) is 9.71 Å². The van der Waals surface area contributed by atoms with E-state index in [0.29, 0.717) is 22.2 Å². The second kappa shape index (κ2) is 10.7. The first-order valence-electron chi connectivity index (χ1n) is 11.0. The topological polar surface area (TPSA) is 117 Å². The standard InChI is InChI=1S/C25H23Cl2N5O3S/c1-16(24(28)33)29-25(31-36(34,35)21-13-9-19(27)10-14-21)22-15-23(17-5-3-2-4-6-17)32(30-22)20-11-7-18(26)8-12-20/h2-14,16,23H,15H2,1H3,(H2,28,33)(H,29,31)/t16-,23?/m0/s1. The second-order valence-corrected chi connectivity index (χ2v) is 10.7. The van der Waals surface area contributed by atoms with Crippen LogP contribution in [0.3, 0.4) is 0 Å². The van der Waals surface area contributed by atoms with Crippen LogP contribution in [0.4, 0.5) is 5.69 Å². The molecule has 0 fully saturated rings. The molecule has 1 aliphatic heterocycles. The van der Waals surface area contributed by atoms with Crippen LogP contribution in [-0.4, -0.2) is 31.9 Å². The fraction of sp³-hybridized carbons (Fsp3) is 0.160. The molecule has 1 heterocycles. The minimum Gasteiger partial charge on any atom is -0.368 e. The number of hydrogen-bond acceptors (Lipinski definition) is 6. The molecule has 36 heavy (non-hydrogen) atoms. The SMILES string of the molecule is C[C@H](N=C(NS(=O)(=O)c1ccc(Cl)cc1)C1=NN(c2ccc(Cl)cc2)C(c2ccccc2)C1)C(N)=O. The number of benzene rings is 3. The Morgan fingerprint density at radius 2 is 1.61 bits per heavy atom. The van der Waals surface area contributed by atoms with Gasteiger partial charge in [0.2, 0.25) is 5.91 Å². The summed E-state index contributed by atoms with van der Waals surface area (Å²) >= 11 is 12.0. The number of carbonyl (C=O) groups is 1. The first kappa shape index (κ1) is 25.7. The quantitative estimate of drug-likeness (QED) is 0.335. The van der Waals surface area contributed by atoms with Crippen molar-refractivity contribution >= 4 is 56.4 Å². The van der Waals surface area contributed by atoms with Gasteiger partial charge in [0.25, 0.3) is 10.0 Å². The molecule has 1 unspecified atom stereocenters. The Hall–Kier alpha value is -3.40. The largest absolute Gasteiger partial charge is 0.368 e. The number of nitrogens with zero attached hydrogens (tertiary/aromatic N) is 3. The Morgan fingerprint density at radius 1 is 1.03 bits per heavy atom. The summed E-state index contributed by atoms with van der Waals surface area (Å²) in [5.41, 5.74) is 7.50. The van der Waals surface area contributed by atoms with Gasteiger partial charge in [-0.2, -0.15) is 5.10 Å². The van der Waals surface area contributed by atoms with Crippen molar-refractivity contribution in [2.24, 2.45) is 15.8 Å². The van der Waals surface area contributed by atoms with Gasteiger partial charge in [-0.3, -0.25) is 19.5 Å². The summed E-state index contributed by atoms with van der Waals surface area (Å²) in [6.45, 7) is 1.49. The summed E-state index contributed by atoms with van der Waals surface area (Å²) in [7, 11) is -4.06. The van der Waals surface area contributed by atoms with Crippen molar-refractivity contribution in [2.45, 2.75) is 30.3 Å². The lowest BCUT2D eigenvalue weighted by Gasteiger charge is -2.24. The number of hydrazone groups is 1. The molecule has 1 aliphatic rings. The molecular weight excluding hydrogens is 521 g/mol. The van der Waals surface area contributed by atoms with E-state index in [4.69, 9.17) is 34.0 Å². The van der Waals surface area contributed by atoms with Crippen LogP contribution in [0.25, 0.3) is 0 Å². The van der Waals surface area contributed by atoms with Crippen molar-refractivity contribution in [3.05, 3.63) is 94.5 Å². The maximum atomic E-state index is 13.2. The average Bonchev–Trinajstić information content (AvgIpc) is 3.30. The summed E-state index contributed by atoms with van der Waals surface area (Å²) in [4.78, 5) is 16.1. The molecule has 0 bridgehead atoms. The Morgan fingerprint density at radius 3 is 2.19 bits per heavy atom. The third-order valence-corrected chi connectivity index (χ3v) is 7.41. The van der Waals surface area contributed by atoms with Crippen LogP contribution in [0.15, 0.2) is 93.9 Å². The molecule has 0 spiro atoms. The maximum Gasteiger partial charge on any atom is 0.263 e. The molecule has 0 aromatic heterocycles. The van der Waals surface area contributed by atoms with Crippen molar-refractivity contribution in [1.82, 2.24) is 4.72 Å². The number of anilines is 1. The molecule has 2 atom stereocenters. The lowest BCUT2D eigenvalue weighted by Crippen LogP contribution is -2.38. The van der Waals surface area contributed by atoms with E-state index in [-0.39, 0.29) is 16.8 Å². The number of rotatable bonds is 7. The van der Waals surface area contributed by atoms with Crippen LogP contribution >= 0.6 is 23.2 Å². The van der Waals surface area contributed by atoms with Crippen LogP contribution in [0.2, 0.25) is 10.0 Å². The Bertz CT molecular complexity index is 1410. The van der Waals surface area contributed by atoms with Crippen LogP contribution in [0.5, 0.6) is 0 Å². The van der Waals surface area contributed by atoms with Gasteiger partial charge in [-0.25, -0.2) is 8.42 Å². The van der Waals surface area contributed by atoms with Crippen molar-refractivity contribution in [3.63, 3.8) is 0 Å². The zero-order valence-corrected chi connectivity index (χ0v) is 21.5. The van der Waals surface area contributed by atoms with E-state index in [1.54, 1.807) is 17.1 Å². The van der Waals surface area contributed by atoms with Crippen LogP contribution < -0.4 is 15.5 Å². The molecule has 3 aromatic carbocycles. The third-order valence-electron chi connectivity index (χ3n) is 5.55. The number of amidine groups is 1. The molecular formula is C25H23Cl2N5O3S. The zero-order valence-electron chi connectivity index (χ0n) is 19.2. The number of sulfonamides is 1. The van der Waals surface area contributed by atoms with Crippen LogP contribution in [0, 0.1) is 0 Å². The first-order valence-corrected chi connectivity index (χ1v) is 13.2. The summed E-state index contributed by atoms with van der Waals surface area (Å²) in [6.07, 6.45) is 0.320. The average molecular weight is 544 g/mol. The van der Waals surface area contributed by atoms with Gasteiger partial charge in [0, 0.05) is 16.5 Å². The molecule has 4 rings (SSSR count). The number of nitrogens with one attached hydrogen (secondary N) is 1. The maximum absolute atomic E-state index is 13.2. The van der Waals surface area contributed by atoms with Crippen molar-refractivity contribution < 1.29 is 13.2 Å². The lowest BCUT2D eigenvalue weighted by atomic mass is 10.0. The fourth-order valence-corrected chi connectivity index (χ4v) is 4.93. The number of halogens is 2. The van der Waals surface area contributed by atoms with Gasteiger partial charge in [-0.1, -0.05) is 53.5 Å². The molecule has 0 saturated heterocycles. The minimum atomic E-state index is -4.06. The van der Waals surface area contributed by atoms with Crippen molar-refractivity contribution in [1.29, 1.82) is 0 Å². The van der Waals surface area contributed by atoms with E-state index in [1.165, 1.54) is 31.2 Å². The van der Waals surface area contributed by atoms with Crippen molar-refractivity contribution in [3.8, 4) is 0 Å². The Labute approximate surface area is 219 Å². The number of primary amides is 1. The van der Waals surface area contributed by atoms with E-state index in [1.807, 2.05) is 42.5 Å². The monoisotopic (exact) mass is 543 g/mol. The molecule has 3 N–H and O–H groups in total. The highest BCUT2D eigenvalue weighted by molar-refractivity contribution is 7.90. The predicted molar refractivity (Wildman–Crippen MR) is 143 cm³/mol. The molecule has 3 aromatic rings. The lowest BCUT2D eigenvalue weighted by molar-refractivity contribution is -0.118. The molecule has 11 heteroatoms. The van der Waals surface area contributed by atoms with E-state index in [0.717, 1.165) is 11.3 Å². The highest BCUT2D eigenvalue weighted by atomic mass is 35.5.